The van der Waals surface area contributed by atoms with Gasteiger partial charge in [0.1, 0.15) is 19.0 Å². The summed E-state index contributed by atoms with van der Waals surface area (Å²) in [7, 11) is 0. The number of benzene rings is 2. The first-order valence-corrected chi connectivity index (χ1v) is 8.45. The predicted octanol–water partition coefficient (Wildman–Crippen LogP) is 3.31. The molecule has 26 heavy (non-hydrogen) atoms. The summed E-state index contributed by atoms with van der Waals surface area (Å²) in [5.74, 6) is 2.00. The molecule has 6 nitrogen and oxygen atoms in total. The number of rotatable bonds is 1. The number of hydrogen-bond acceptors (Lipinski definition) is 5. The van der Waals surface area contributed by atoms with E-state index in [1.165, 1.54) is 0 Å². The van der Waals surface area contributed by atoms with Crippen LogP contribution in [-0.2, 0) is 4.79 Å². The normalized spacial score (nSPS) is 15.2. The van der Waals surface area contributed by atoms with Crippen LogP contribution in [0.15, 0.2) is 36.4 Å². The van der Waals surface area contributed by atoms with Crippen molar-refractivity contribution in [2.75, 3.05) is 25.1 Å². The average molecular weight is 348 g/mol. The number of nitrogens with one attached hydrogen (secondary N) is 1. The standard InChI is InChI=1S/C20H16N2O4/c1-11-6-14(12-2-3-17-19(7-12)25-5-4-24-17)21-15-9-18-16(8-13(11)15)22-20(23)10-26-18/h2-3,6-9H,4-5,10H2,1H3,(H,22,23). The molecule has 0 saturated carbocycles. The van der Waals surface area contributed by atoms with Gasteiger partial charge in [0.15, 0.2) is 18.1 Å². The molecule has 0 spiro atoms. The molecule has 1 aromatic heterocycles. The summed E-state index contributed by atoms with van der Waals surface area (Å²) in [6, 6.07) is 11.7. The molecule has 0 fully saturated rings. The van der Waals surface area contributed by atoms with E-state index in [-0.39, 0.29) is 12.5 Å². The van der Waals surface area contributed by atoms with Crippen LogP contribution in [-0.4, -0.2) is 30.7 Å². The smallest absolute Gasteiger partial charge is 0.262 e. The second-order valence-electron chi connectivity index (χ2n) is 6.39. The summed E-state index contributed by atoms with van der Waals surface area (Å²) in [6.07, 6.45) is 0. The van der Waals surface area contributed by atoms with E-state index in [2.05, 4.69) is 5.32 Å². The van der Waals surface area contributed by atoms with Crippen LogP contribution < -0.4 is 19.5 Å². The van der Waals surface area contributed by atoms with Crippen molar-refractivity contribution in [2.24, 2.45) is 0 Å². The summed E-state index contributed by atoms with van der Waals surface area (Å²) in [5, 5.41) is 3.82. The van der Waals surface area contributed by atoms with Crippen molar-refractivity contribution in [3.8, 4) is 28.5 Å². The summed E-state index contributed by atoms with van der Waals surface area (Å²) in [6.45, 7) is 3.18. The molecule has 2 aromatic carbocycles. The largest absolute Gasteiger partial charge is 0.486 e. The van der Waals surface area contributed by atoms with E-state index in [9.17, 15) is 4.79 Å². The van der Waals surface area contributed by atoms with Crippen molar-refractivity contribution in [3.63, 3.8) is 0 Å². The highest BCUT2D eigenvalue weighted by molar-refractivity contribution is 5.99. The molecular formula is C20H16N2O4. The molecule has 3 heterocycles. The summed E-state index contributed by atoms with van der Waals surface area (Å²) in [5.41, 5.74) is 4.40. The van der Waals surface area contributed by atoms with Crippen LogP contribution in [0.3, 0.4) is 0 Å². The number of aryl methyl sites for hydroxylation is 1. The number of fused-ring (bicyclic) bond motifs is 3. The Labute approximate surface area is 149 Å². The zero-order valence-electron chi connectivity index (χ0n) is 14.2. The Kier molecular flexibility index (Phi) is 3.25. The predicted molar refractivity (Wildman–Crippen MR) is 97.0 cm³/mol. The third kappa shape index (κ3) is 2.42. The second-order valence-corrected chi connectivity index (χ2v) is 6.39. The topological polar surface area (TPSA) is 69.7 Å². The van der Waals surface area contributed by atoms with E-state index in [1.807, 2.05) is 43.3 Å². The van der Waals surface area contributed by atoms with Gasteiger partial charge in [-0.1, -0.05) is 0 Å². The molecule has 0 atom stereocenters. The maximum absolute atomic E-state index is 11.5. The molecule has 1 N–H and O–H groups in total. The van der Waals surface area contributed by atoms with E-state index in [1.54, 1.807) is 0 Å². The van der Waals surface area contributed by atoms with Gasteiger partial charge in [-0.05, 0) is 42.8 Å². The first-order chi connectivity index (χ1) is 12.7. The SMILES string of the molecule is Cc1cc(-c2ccc3c(c2)OCCO3)nc2cc3c(cc12)NC(=O)CO3. The number of anilines is 1. The minimum absolute atomic E-state index is 0.0271. The van der Waals surface area contributed by atoms with Gasteiger partial charge in [-0.2, -0.15) is 0 Å². The molecule has 2 aliphatic heterocycles. The van der Waals surface area contributed by atoms with Crippen molar-refractivity contribution in [1.29, 1.82) is 0 Å². The van der Waals surface area contributed by atoms with Crippen molar-refractivity contribution < 1.29 is 19.0 Å². The molecule has 0 aliphatic carbocycles. The summed E-state index contributed by atoms with van der Waals surface area (Å²) < 4.78 is 16.8. The Morgan fingerprint density at radius 2 is 1.81 bits per heavy atom. The van der Waals surface area contributed by atoms with Crippen LogP contribution >= 0.6 is 0 Å². The number of nitrogens with zero attached hydrogens (tertiary/aromatic N) is 1. The van der Waals surface area contributed by atoms with E-state index in [4.69, 9.17) is 19.2 Å². The first-order valence-electron chi connectivity index (χ1n) is 8.45. The van der Waals surface area contributed by atoms with Gasteiger partial charge in [0.2, 0.25) is 0 Å². The van der Waals surface area contributed by atoms with Crippen LogP contribution in [0.5, 0.6) is 17.2 Å². The first kappa shape index (κ1) is 15.0. The fraction of sp³-hybridized carbons (Fsp3) is 0.200. The minimum Gasteiger partial charge on any atom is -0.486 e. The quantitative estimate of drug-likeness (QED) is 0.731. The monoisotopic (exact) mass is 348 g/mol. The second kappa shape index (κ2) is 5.62. The van der Waals surface area contributed by atoms with Gasteiger partial charge in [-0.15, -0.1) is 0 Å². The van der Waals surface area contributed by atoms with Gasteiger partial charge in [0.05, 0.1) is 16.9 Å². The molecule has 5 rings (SSSR count). The van der Waals surface area contributed by atoms with Gasteiger partial charge in [-0.3, -0.25) is 4.79 Å². The number of aromatic nitrogens is 1. The maximum Gasteiger partial charge on any atom is 0.262 e. The number of pyridine rings is 1. The zero-order chi connectivity index (χ0) is 17.7. The van der Waals surface area contributed by atoms with Crippen LogP contribution in [0.4, 0.5) is 5.69 Å². The zero-order valence-corrected chi connectivity index (χ0v) is 14.2. The molecule has 130 valence electrons. The fourth-order valence-electron chi connectivity index (χ4n) is 3.32. The fourth-order valence-corrected chi connectivity index (χ4v) is 3.32. The Bertz CT molecular complexity index is 1060. The van der Waals surface area contributed by atoms with Crippen molar-refractivity contribution in [1.82, 2.24) is 4.98 Å². The highest BCUT2D eigenvalue weighted by Gasteiger charge is 2.19. The molecule has 6 heteroatoms. The number of carbonyl (C=O) groups is 1. The molecule has 0 bridgehead atoms. The van der Waals surface area contributed by atoms with E-state index >= 15 is 0 Å². The number of hydrogen-bond donors (Lipinski definition) is 1. The van der Waals surface area contributed by atoms with Gasteiger partial charge in [0, 0.05) is 17.0 Å². The molecule has 2 aliphatic rings. The Balaban J connectivity index is 1.63. The molecule has 3 aromatic rings. The highest BCUT2D eigenvalue weighted by Crippen LogP contribution is 2.37. The van der Waals surface area contributed by atoms with Crippen molar-refractivity contribution in [3.05, 3.63) is 42.0 Å². The van der Waals surface area contributed by atoms with E-state index in [0.717, 1.165) is 39.2 Å². The van der Waals surface area contributed by atoms with E-state index < -0.39 is 0 Å². The lowest BCUT2D eigenvalue weighted by atomic mass is 10.0. The maximum atomic E-state index is 11.5. The molecule has 0 unspecified atom stereocenters. The molecular weight excluding hydrogens is 332 g/mol. The van der Waals surface area contributed by atoms with Crippen molar-refractivity contribution in [2.45, 2.75) is 6.92 Å². The highest BCUT2D eigenvalue weighted by atomic mass is 16.6. The van der Waals surface area contributed by atoms with Crippen LogP contribution in [0.1, 0.15) is 5.56 Å². The van der Waals surface area contributed by atoms with Crippen LogP contribution in [0, 0.1) is 6.92 Å². The van der Waals surface area contributed by atoms with Gasteiger partial charge >= 0.3 is 0 Å². The summed E-state index contributed by atoms with van der Waals surface area (Å²) in [4.78, 5) is 16.3. The number of amides is 1. The van der Waals surface area contributed by atoms with Gasteiger partial charge < -0.3 is 19.5 Å². The summed E-state index contributed by atoms with van der Waals surface area (Å²) >= 11 is 0. The molecule has 0 radical (unpaired) electrons. The molecule has 1 amide bonds. The van der Waals surface area contributed by atoms with E-state index in [0.29, 0.717) is 24.7 Å². The lowest BCUT2D eigenvalue weighted by molar-refractivity contribution is -0.118. The average Bonchev–Trinajstić information content (AvgIpc) is 2.66. The minimum atomic E-state index is -0.143. The van der Waals surface area contributed by atoms with Crippen LogP contribution in [0.25, 0.3) is 22.2 Å². The Morgan fingerprint density at radius 1 is 0.962 bits per heavy atom. The molecule has 0 saturated heterocycles. The van der Waals surface area contributed by atoms with Crippen LogP contribution in [0.2, 0.25) is 0 Å². The Morgan fingerprint density at radius 3 is 2.69 bits per heavy atom. The lowest BCUT2D eigenvalue weighted by Gasteiger charge is -2.20. The number of ether oxygens (including phenoxy) is 3. The Hall–Kier alpha value is -3.28. The number of carbonyl (C=O) groups excluding carboxylic acids is 1. The van der Waals surface area contributed by atoms with Gasteiger partial charge in [-0.25, -0.2) is 4.98 Å². The third-order valence-corrected chi connectivity index (χ3v) is 4.59. The van der Waals surface area contributed by atoms with Crippen molar-refractivity contribution >= 4 is 22.5 Å². The third-order valence-electron chi connectivity index (χ3n) is 4.59. The van der Waals surface area contributed by atoms with Gasteiger partial charge in [0.25, 0.3) is 5.91 Å². The lowest BCUT2D eigenvalue weighted by Crippen LogP contribution is -2.25.